The lowest BCUT2D eigenvalue weighted by atomic mass is 10.2. The van der Waals surface area contributed by atoms with E-state index in [0.717, 1.165) is 0 Å². The molecule has 0 amide bonds. The fraction of sp³-hybridized carbons (Fsp3) is 0.462. The molecule has 0 heterocycles. The average Bonchev–Trinajstić information content (AvgIpc) is 2.26. The van der Waals surface area contributed by atoms with Crippen LogP contribution in [0.1, 0.15) is 26.3 Å². The first-order valence-corrected chi connectivity index (χ1v) is 8.06. The van der Waals surface area contributed by atoms with Gasteiger partial charge in [0, 0.05) is 5.02 Å². The van der Waals surface area contributed by atoms with Gasteiger partial charge in [0.2, 0.25) is 0 Å². The average molecular weight is 319 g/mol. The lowest BCUT2D eigenvalue weighted by Crippen LogP contribution is -2.32. The van der Waals surface area contributed by atoms with Crippen LogP contribution in [0.5, 0.6) is 5.75 Å². The van der Waals surface area contributed by atoms with Gasteiger partial charge in [0.1, 0.15) is 18.2 Å². The van der Waals surface area contributed by atoms with Crippen LogP contribution in [0, 0.1) is 5.41 Å². The summed E-state index contributed by atoms with van der Waals surface area (Å²) in [6.45, 7) is 4.91. The third-order valence-corrected chi connectivity index (χ3v) is 5.58. The zero-order valence-electron chi connectivity index (χ0n) is 11.7. The van der Waals surface area contributed by atoms with Crippen molar-refractivity contribution >= 4 is 27.3 Å². The van der Waals surface area contributed by atoms with Crippen LogP contribution < -0.4 is 10.5 Å². The number of sulfone groups is 1. The van der Waals surface area contributed by atoms with E-state index in [0.29, 0.717) is 16.3 Å². The van der Waals surface area contributed by atoms with Crippen LogP contribution in [0.4, 0.5) is 0 Å². The first-order valence-electron chi connectivity index (χ1n) is 6.03. The van der Waals surface area contributed by atoms with Gasteiger partial charge in [0.15, 0.2) is 9.84 Å². The van der Waals surface area contributed by atoms with E-state index in [-0.39, 0.29) is 18.2 Å². The van der Waals surface area contributed by atoms with Crippen LogP contribution in [-0.4, -0.2) is 31.4 Å². The minimum atomic E-state index is -3.25. The van der Waals surface area contributed by atoms with Crippen molar-refractivity contribution in [3.8, 4) is 5.75 Å². The highest BCUT2D eigenvalue weighted by Crippen LogP contribution is 2.23. The zero-order valence-corrected chi connectivity index (χ0v) is 13.3. The highest BCUT2D eigenvalue weighted by Gasteiger charge is 2.28. The van der Waals surface area contributed by atoms with Gasteiger partial charge in [-0.05, 0) is 39.0 Å². The number of ether oxygens (including phenoxy) is 1. The van der Waals surface area contributed by atoms with E-state index in [1.165, 1.54) is 6.07 Å². The molecule has 0 saturated carbocycles. The summed E-state index contributed by atoms with van der Waals surface area (Å²) in [5.41, 5.74) is 5.82. The Kier molecular flexibility index (Phi) is 5.05. The van der Waals surface area contributed by atoms with E-state index in [2.05, 4.69) is 0 Å². The van der Waals surface area contributed by atoms with E-state index in [9.17, 15) is 8.42 Å². The first-order chi connectivity index (χ1) is 9.04. The van der Waals surface area contributed by atoms with Crippen LogP contribution in [0.2, 0.25) is 5.02 Å². The molecule has 20 heavy (non-hydrogen) atoms. The van der Waals surface area contributed by atoms with Crippen LogP contribution in [0.15, 0.2) is 18.2 Å². The number of nitrogen functional groups attached to an aromatic ring is 1. The Morgan fingerprint density at radius 2 is 2.00 bits per heavy atom. The van der Waals surface area contributed by atoms with Crippen LogP contribution in [-0.2, 0) is 9.84 Å². The van der Waals surface area contributed by atoms with Crippen LogP contribution >= 0.6 is 11.6 Å². The summed E-state index contributed by atoms with van der Waals surface area (Å²) in [6.07, 6.45) is 0. The molecule has 3 N–H and O–H groups in total. The van der Waals surface area contributed by atoms with Gasteiger partial charge in [0.25, 0.3) is 0 Å². The second-order valence-corrected chi connectivity index (χ2v) is 8.63. The monoisotopic (exact) mass is 318 g/mol. The van der Waals surface area contributed by atoms with Gasteiger partial charge in [-0.1, -0.05) is 11.6 Å². The number of hydrogen-bond acceptors (Lipinski definition) is 4. The van der Waals surface area contributed by atoms with Crippen LogP contribution in [0.3, 0.4) is 0 Å². The molecule has 0 fully saturated rings. The van der Waals surface area contributed by atoms with Crippen LogP contribution in [0.25, 0.3) is 0 Å². The van der Waals surface area contributed by atoms with Crippen molar-refractivity contribution in [3.05, 3.63) is 28.8 Å². The summed E-state index contributed by atoms with van der Waals surface area (Å²) in [5.74, 6) is 0.0461. The van der Waals surface area contributed by atoms with E-state index >= 15 is 0 Å². The Morgan fingerprint density at radius 1 is 1.40 bits per heavy atom. The zero-order chi connectivity index (χ0) is 15.6. The molecular weight excluding hydrogens is 300 g/mol. The van der Waals surface area contributed by atoms with E-state index in [4.69, 9.17) is 27.5 Å². The molecule has 0 aliphatic carbocycles. The molecule has 5 nitrogen and oxygen atoms in total. The van der Waals surface area contributed by atoms with Gasteiger partial charge in [-0.2, -0.15) is 0 Å². The van der Waals surface area contributed by atoms with Crippen molar-refractivity contribution in [2.45, 2.75) is 25.5 Å². The predicted molar refractivity (Wildman–Crippen MR) is 81.5 cm³/mol. The largest absolute Gasteiger partial charge is 0.492 e. The number of benzene rings is 1. The van der Waals surface area contributed by atoms with Crippen molar-refractivity contribution < 1.29 is 13.2 Å². The molecule has 0 bridgehead atoms. The Hall–Kier alpha value is -1.27. The van der Waals surface area contributed by atoms with Crippen molar-refractivity contribution in [3.63, 3.8) is 0 Å². The maximum atomic E-state index is 12.0. The normalized spacial score (nSPS) is 12.2. The molecule has 0 spiro atoms. The number of amidine groups is 1. The molecule has 0 radical (unpaired) electrons. The topological polar surface area (TPSA) is 93.2 Å². The predicted octanol–water partition coefficient (Wildman–Crippen LogP) is 2.22. The van der Waals surface area contributed by atoms with Crippen molar-refractivity contribution in [1.29, 1.82) is 5.41 Å². The van der Waals surface area contributed by atoms with Gasteiger partial charge in [0.05, 0.1) is 16.1 Å². The number of rotatable bonds is 5. The molecule has 0 aliphatic heterocycles. The molecule has 0 aliphatic rings. The molecule has 0 unspecified atom stereocenters. The lowest BCUT2D eigenvalue weighted by Gasteiger charge is -2.19. The summed E-state index contributed by atoms with van der Waals surface area (Å²) in [7, 11) is -3.25. The van der Waals surface area contributed by atoms with E-state index < -0.39 is 14.6 Å². The summed E-state index contributed by atoms with van der Waals surface area (Å²) >= 11 is 5.85. The van der Waals surface area contributed by atoms with Gasteiger partial charge in [-0.25, -0.2) is 8.42 Å². The highest BCUT2D eigenvalue weighted by molar-refractivity contribution is 7.92. The maximum Gasteiger partial charge on any atom is 0.158 e. The van der Waals surface area contributed by atoms with Crippen molar-refractivity contribution in [2.75, 3.05) is 12.4 Å². The molecule has 1 aromatic rings. The molecule has 0 aromatic heterocycles. The third-order valence-electron chi connectivity index (χ3n) is 2.78. The molecule has 0 saturated heterocycles. The Balaban J connectivity index is 2.82. The minimum absolute atomic E-state index is 0.0137. The second kappa shape index (κ2) is 6.01. The SMILES string of the molecule is CC(C)(C)S(=O)(=O)CCOc1cc(Cl)ccc1C(=N)N. The van der Waals surface area contributed by atoms with Gasteiger partial charge < -0.3 is 10.5 Å². The Bertz CT molecular complexity index is 607. The highest BCUT2D eigenvalue weighted by atomic mass is 35.5. The summed E-state index contributed by atoms with van der Waals surface area (Å²) in [4.78, 5) is 0. The Labute approximate surface area is 124 Å². The first kappa shape index (κ1) is 16.8. The van der Waals surface area contributed by atoms with Gasteiger partial charge >= 0.3 is 0 Å². The number of hydrogen-bond donors (Lipinski definition) is 2. The van der Waals surface area contributed by atoms with E-state index in [1.807, 2.05) is 0 Å². The number of nitrogens with one attached hydrogen (secondary N) is 1. The fourth-order valence-corrected chi connectivity index (χ4v) is 2.48. The summed E-state index contributed by atoms with van der Waals surface area (Å²) < 4.78 is 28.5. The second-order valence-electron chi connectivity index (χ2n) is 5.33. The maximum absolute atomic E-state index is 12.0. The molecular formula is C13H19ClN2O3S. The minimum Gasteiger partial charge on any atom is -0.492 e. The van der Waals surface area contributed by atoms with Gasteiger partial charge in [-0.3, -0.25) is 5.41 Å². The summed E-state index contributed by atoms with van der Waals surface area (Å²) in [6, 6.07) is 4.68. The smallest absolute Gasteiger partial charge is 0.158 e. The fourth-order valence-electron chi connectivity index (χ4n) is 1.41. The lowest BCUT2D eigenvalue weighted by molar-refractivity contribution is 0.339. The molecule has 112 valence electrons. The Morgan fingerprint density at radius 3 is 2.50 bits per heavy atom. The van der Waals surface area contributed by atoms with E-state index in [1.54, 1.807) is 32.9 Å². The molecule has 7 heteroatoms. The third kappa shape index (κ3) is 4.11. The van der Waals surface area contributed by atoms with Crippen molar-refractivity contribution in [1.82, 2.24) is 0 Å². The number of halogens is 1. The standard InChI is InChI=1S/C13H19ClN2O3S/c1-13(2,3)20(17,18)7-6-19-11-8-9(14)4-5-10(11)12(15)16/h4-5,8H,6-7H2,1-3H3,(H3,15,16). The molecule has 1 aromatic carbocycles. The quantitative estimate of drug-likeness (QED) is 0.643. The van der Waals surface area contributed by atoms with Crippen molar-refractivity contribution in [2.24, 2.45) is 5.73 Å². The van der Waals surface area contributed by atoms with Gasteiger partial charge in [-0.15, -0.1) is 0 Å². The number of nitrogens with two attached hydrogens (primary N) is 1. The molecule has 1 rings (SSSR count). The summed E-state index contributed by atoms with van der Waals surface area (Å²) in [5, 5.41) is 7.87. The molecule has 0 atom stereocenters.